The molecule has 0 radical (unpaired) electrons. The molecule has 108 valence electrons. The van der Waals surface area contributed by atoms with E-state index in [1.807, 2.05) is 24.3 Å². The Morgan fingerprint density at radius 1 is 1.19 bits per heavy atom. The third-order valence-corrected chi connectivity index (χ3v) is 3.13. The van der Waals surface area contributed by atoms with Gasteiger partial charge >= 0.3 is 0 Å². The summed E-state index contributed by atoms with van der Waals surface area (Å²) in [4.78, 5) is 11.6. The number of benzene rings is 2. The molecule has 2 rings (SSSR count). The molecule has 1 N–H and O–H groups in total. The van der Waals surface area contributed by atoms with Crippen LogP contribution in [0.25, 0.3) is 6.08 Å². The first-order valence-electron chi connectivity index (χ1n) is 6.59. The van der Waals surface area contributed by atoms with E-state index in [1.54, 1.807) is 18.2 Å². The smallest absolute Gasteiger partial charge is 0.244 e. The minimum Gasteiger partial charge on any atom is -0.352 e. The Bertz CT molecular complexity index is 637. The van der Waals surface area contributed by atoms with Gasteiger partial charge in [0, 0.05) is 17.6 Å². The lowest BCUT2D eigenvalue weighted by Gasteiger charge is -2.03. The maximum absolute atomic E-state index is 12.7. The van der Waals surface area contributed by atoms with Gasteiger partial charge in [-0.05, 0) is 47.9 Å². The Hall–Kier alpha value is -2.13. The van der Waals surface area contributed by atoms with Crippen LogP contribution in [0.2, 0.25) is 5.02 Å². The third kappa shape index (κ3) is 5.40. The lowest BCUT2D eigenvalue weighted by atomic mass is 10.1. The van der Waals surface area contributed by atoms with Gasteiger partial charge in [-0.1, -0.05) is 35.9 Å². The van der Waals surface area contributed by atoms with Crippen molar-refractivity contribution in [3.05, 3.63) is 76.6 Å². The minimum absolute atomic E-state index is 0.179. The fraction of sp³-hybridized carbons (Fsp3) is 0.118. The molecule has 0 aliphatic carbocycles. The highest BCUT2D eigenvalue weighted by Gasteiger charge is 1.98. The molecule has 0 bridgehead atoms. The quantitative estimate of drug-likeness (QED) is 0.835. The van der Waals surface area contributed by atoms with Crippen LogP contribution in [-0.4, -0.2) is 12.5 Å². The number of nitrogens with one attached hydrogen (secondary N) is 1. The second-order valence-corrected chi connectivity index (χ2v) is 4.99. The van der Waals surface area contributed by atoms with Gasteiger partial charge in [-0.15, -0.1) is 0 Å². The molecule has 0 unspecified atom stereocenters. The first-order valence-corrected chi connectivity index (χ1v) is 6.97. The van der Waals surface area contributed by atoms with Crippen LogP contribution in [0.1, 0.15) is 11.1 Å². The molecule has 0 aromatic heterocycles. The maximum atomic E-state index is 12.7. The summed E-state index contributed by atoms with van der Waals surface area (Å²) >= 11 is 5.89. The topological polar surface area (TPSA) is 29.1 Å². The molecule has 2 aromatic rings. The highest BCUT2D eigenvalue weighted by Crippen LogP contribution is 2.10. The second-order valence-electron chi connectivity index (χ2n) is 4.56. The number of hydrogen-bond donors (Lipinski definition) is 1. The monoisotopic (exact) mass is 303 g/mol. The van der Waals surface area contributed by atoms with Crippen LogP contribution in [0.4, 0.5) is 4.39 Å². The Morgan fingerprint density at radius 3 is 2.67 bits per heavy atom. The number of rotatable bonds is 5. The zero-order chi connectivity index (χ0) is 15.1. The standard InChI is InChI=1S/C17H15ClFNO/c18-15-3-1-2-14(12-15)10-11-20-17(21)9-6-13-4-7-16(19)8-5-13/h1-9,12H,10-11H2,(H,20,21). The predicted molar refractivity (Wildman–Crippen MR) is 83.6 cm³/mol. The number of hydrogen-bond acceptors (Lipinski definition) is 1. The van der Waals surface area contributed by atoms with E-state index < -0.39 is 0 Å². The van der Waals surface area contributed by atoms with E-state index in [0.717, 1.165) is 17.5 Å². The van der Waals surface area contributed by atoms with Crippen molar-refractivity contribution in [2.45, 2.75) is 6.42 Å². The van der Waals surface area contributed by atoms with Gasteiger partial charge in [0.2, 0.25) is 5.91 Å². The first-order chi connectivity index (χ1) is 10.1. The van der Waals surface area contributed by atoms with Crippen LogP contribution in [-0.2, 0) is 11.2 Å². The summed E-state index contributed by atoms with van der Waals surface area (Å²) in [6.07, 6.45) is 3.80. The van der Waals surface area contributed by atoms with Crippen LogP contribution in [0.5, 0.6) is 0 Å². The first kappa shape index (κ1) is 15.3. The fourth-order valence-corrected chi connectivity index (χ4v) is 2.04. The molecule has 4 heteroatoms. The SMILES string of the molecule is O=C(C=Cc1ccc(F)cc1)NCCc1cccc(Cl)c1. The van der Waals surface area contributed by atoms with E-state index in [4.69, 9.17) is 11.6 Å². The van der Waals surface area contributed by atoms with Crippen LogP contribution in [0.15, 0.2) is 54.6 Å². The number of amides is 1. The zero-order valence-electron chi connectivity index (χ0n) is 11.4. The molecule has 2 aromatic carbocycles. The normalized spacial score (nSPS) is 10.8. The minimum atomic E-state index is -0.293. The Morgan fingerprint density at radius 2 is 1.95 bits per heavy atom. The molecule has 0 aliphatic heterocycles. The molecule has 0 saturated heterocycles. The molecule has 21 heavy (non-hydrogen) atoms. The average Bonchev–Trinajstić information content (AvgIpc) is 2.47. The average molecular weight is 304 g/mol. The highest BCUT2D eigenvalue weighted by atomic mass is 35.5. The summed E-state index contributed by atoms with van der Waals surface area (Å²) in [6.45, 7) is 0.535. The van der Waals surface area contributed by atoms with Gasteiger partial charge in [0.25, 0.3) is 0 Å². The molecular weight excluding hydrogens is 289 g/mol. The molecule has 2 nitrogen and oxygen atoms in total. The van der Waals surface area contributed by atoms with Crippen molar-refractivity contribution in [1.29, 1.82) is 0 Å². The second kappa shape index (κ2) is 7.60. The van der Waals surface area contributed by atoms with Crippen molar-refractivity contribution in [3.8, 4) is 0 Å². The van der Waals surface area contributed by atoms with E-state index in [0.29, 0.717) is 11.6 Å². The van der Waals surface area contributed by atoms with Crippen LogP contribution in [0, 0.1) is 5.82 Å². The Kier molecular flexibility index (Phi) is 5.52. The lowest BCUT2D eigenvalue weighted by molar-refractivity contribution is -0.116. The summed E-state index contributed by atoms with van der Waals surface area (Å²) in [6, 6.07) is 13.5. The summed E-state index contributed by atoms with van der Waals surface area (Å²) in [5.41, 5.74) is 1.85. The molecule has 0 heterocycles. The summed E-state index contributed by atoms with van der Waals surface area (Å²) in [5, 5.41) is 3.48. The summed E-state index contributed by atoms with van der Waals surface area (Å²) in [7, 11) is 0. The summed E-state index contributed by atoms with van der Waals surface area (Å²) in [5.74, 6) is -0.473. The molecule has 0 fully saturated rings. The van der Waals surface area contributed by atoms with Crippen LogP contribution >= 0.6 is 11.6 Å². The van der Waals surface area contributed by atoms with Gasteiger partial charge in [-0.2, -0.15) is 0 Å². The van der Waals surface area contributed by atoms with Gasteiger partial charge in [-0.3, -0.25) is 4.79 Å². The van der Waals surface area contributed by atoms with Gasteiger partial charge in [-0.25, -0.2) is 4.39 Å². The Labute approximate surface area is 128 Å². The van der Waals surface area contributed by atoms with E-state index in [2.05, 4.69) is 5.32 Å². The van der Waals surface area contributed by atoms with Gasteiger partial charge in [0.05, 0.1) is 0 Å². The summed E-state index contributed by atoms with van der Waals surface area (Å²) < 4.78 is 12.7. The molecule has 0 aliphatic rings. The van der Waals surface area contributed by atoms with Crippen molar-refractivity contribution in [3.63, 3.8) is 0 Å². The van der Waals surface area contributed by atoms with Crippen molar-refractivity contribution < 1.29 is 9.18 Å². The van der Waals surface area contributed by atoms with Crippen molar-refractivity contribution in [2.24, 2.45) is 0 Å². The van der Waals surface area contributed by atoms with Gasteiger partial charge < -0.3 is 5.32 Å². The zero-order valence-corrected chi connectivity index (χ0v) is 12.1. The molecule has 0 atom stereocenters. The van der Waals surface area contributed by atoms with E-state index in [9.17, 15) is 9.18 Å². The van der Waals surface area contributed by atoms with Gasteiger partial charge in [0.15, 0.2) is 0 Å². The molecule has 1 amide bonds. The number of carbonyl (C=O) groups excluding carboxylic acids is 1. The van der Waals surface area contributed by atoms with E-state index >= 15 is 0 Å². The highest BCUT2D eigenvalue weighted by molar-refractivity contribution is 6.30. The molecule has 0 spiro atoms. The van der Waals surface area contributed by atoms with Gasteiger partial charge in [0.1, 0.15) is 5.82 Å². The number of carbonyl (C=O) groups is 1. The van der Waals surface area contributed by atoms with E-state index in [-0.39, 0.29) is 11.7 Å². The fourth-order valence-electron chi connectivity index (χ4n) is 1.83. The van der Waals surface area contributed by atoms with Crippen molar-refractivity contribution in [1.82, 2.24) is 5.32 Å². The third-order valence-electron chi connectivity index (χ3n) is 2.90. The van der Waals surface area contributed by atoms with Crippen LogP contribution in [0.3, 0.4) is 0 Å². The number of halogens is 2. The van der Waals surface area contributed by atoms with Crippen LogP contribution < -0.4 is 5.32 Å². The lowest BCUT2D eigenvalue weighted by Crippen LogP contribution is -2.23. The molecular formula is C17H15ClFNO. The maximum Gasteiger partial charge on any atom is 0.244 e. The van der Waals surface area contributed by atoms with E-state index in [1.165, 1.54) is 18.2 Å². The predicted octanol–water partition coefficient (Wildman–Crippen LogP) is 3.85. The Balaban J connectivity index is 1.78. The molecule has 0 saturated carbocycles. The largest absolute Gasteiger partial charge is 0.352 e. The van der Waals surface area contributed by atoms with Crippen molar-refractivity contribution >= 4 is 23.6 Å². The van der Waals surface area contributed by atoms with Crippen molar-refractivity contribution in [2.75, 3.05) is 6.54 Å².